The Morgan fingerprint density at radius 1 is 1.55 bits per heavy atom. The van der Waals surface area contributed by atoms with Crippen LogP contribution in [0.1, 0.15) is 19.8 Å². The van der Waals surface area contributed by atoms with Crippen LogP contribution in [0.3, 0.4) is 0 Å². The number of carbonyl (C=O) groups excluding carboxylic acids is 2. The van der Waals surface area contributed by atoms with E-state index in [1.165, 1.54) is 17.8 Å². The summed E-state index contributed by atoms with van der Waals surface area (Å²) in [4.78, 5) is 21.3. The largest absolute Gasteiger partial charge is 0.295 e. The van der Waals surface area contributed by atoms with E-state index in [0.29, 0.717) is 18.6 Å². The van der Waals surface area contributed by atoms with E-state index >= 15 is 0 Å². The minimum atomic E-state index is 0.00130. The van der Waals surface area contributed by atoms with Crippen LogP contribution in [0.4, 0.5) is 0 Å². The molecule has 3 heteroatoms. The lowest BCUT2D eigenvalue weighted by molar-refractivity contribution is -0.114. The van der Waals surface area contributed by atoms with E-state index in [1.807, 2.05) is 6.92 Å². The van der Waals surface area contributed by atoms with Gasteiger partial charge >= 0.3 is 0 Å². The summed E-state index contributed by atoms with van der Waals surface area (Å²) in [7, 11) is 0. The first-order valence-electron chi connectivity index (χ1n) is 3.51. The van der Waals surface area contributed by atoms with Gasteiger partial charge in [0.15, 0.2) is 10.9 Å². The number of rotatable bonds is 5. The molecule has 0 N–H and O–H groups in total. The maximum absolute atomic E-state index is 10.7. The Morgan fingerprint density at radius 2 is 2.18 bits per heavy atom. The number of allylic oxidation sites excluding steroid dienone is 1. The third kappa shape index (κ3) is 5.85. The number of hydrogen-bond acceptors (Lipinski definition) is 3. The van der Waals surface area contributed by atoms with Crippen LogP contribution >= 0.6 is 11.8 Å². The molecular weight excluding hydrogens is 160 g/mol. The van der Waals surface area contributed by atoms with Gasteiger partial charge in [-0.3, -0.25) is 9.59 Å². The molecule has 0 saturated heterocycles. The minimum absolute atomic E-state index is 0.00130. The quantitative estimate of drug-likeness (QED) is 0.593. The van der Waals surface area contributed by atoms with Gasteiger partial charge in [0.2, 0.25) is 0 Å². The normalized spacial score (nSPS) is 9.18. The van der Waals surface area contributed by atoms with Crippen LogP contribution in [-0.4, -0.2) is 16.7 Å². The molecule has 0 amide bonds. The Labute approximate surface area is 71.1 Å². The molecule has 0 unspecified atom stereocenters. The lowest BCUT2D eigenvalue weighted by atomic mass is 10.3. The SMILES string of the molecule is C=CC(=O)CCSC(=O)CC. The van der Waals surface area contributed by atoms with Gasteiger partial charge in [-0.1, -0.05) is 25.3 Å². The van der Waals surface area contributed by atoms with Crippen molar-refractivity contribution in [3.8, 4) is 0 Å². The Bertz CT molecular complexity index is 163. The summed E-state index contributed by atoms with van der Waals surface area (Å²) in [5.74, 6) is 0.582. The Kier molecular flexibility index (Phi) is 5.84. The molecule has 0 heterocycles. The highest BCUT2D eigenvalue weighted by Gasteiger charge is 2.00. The second-order valence-corrected chi connectivity index (χ2v) is 3.15. The predicted molar refractivity (Wildman–Crippen MR) is 47.6 cm³/mol. The van der Waals surface area contributed by atoms with Crippen LogP contribution in [0.5, 0.6) is 0 Å². The maximum Gasteiger partial charge on any atom is 0.188 e. The van der Waals surface area contributed by atoms with Gasteiger partial charge in [-0.15, -0.1) is 0 Å². The van der Waals surface area contributed by atoms with Crippen molar-refractivity contribution in [2.45, 2.75) is 19.8 Å². The average Bonchev–Trinajstić information content (AvgIpc) is 2.04. The number of hydrogen-bond donors (Lipinski definition) is 0. The average molecular weight is 172 g/mol. The first-order valence-corrected chi connectivity index (χ1v) is 4.50. The van der Waals surface area contributed by atoms with E-state index < -0.39 is 0 Å². The zero-order valence-corrected chi connectivity index (χ0v) is 7.45. The Morgan fingerprint density at radius 3 is 2.64 bits per heavy atom. The van der Waals surface area contributed by atoms with E-state index in [2.05, 4.69) is 6.58 Å². The molecule has 0 aromatic heterocycles. The molecule has 0 aliphatic rings. The number of thioether (sulfide) groups is 1. The summed E-state index contributed by atoms with van der Waals surface area (Å²) in [6.45, 7) is 5.14. The summed E-state index contributed by atoms with van der Waals surface area (Å²) >= 11 is 1.21. The predicted octanol–water partition coefficient (Wildman–Crippen LogP) is 1.80. The van der Waals surface area contributed by atoms with Crippen molar-refractivity contribution in [2.24, 2.45) is 0 Å². The zero-order valence-electron chi connectivity index (χ0n) is 6.63. The minimum Gasteiger partial charge on any atom is -0.295 e. The molecule has 0 aliphatic heterocycles. The van der Waals surface area contributed by atoms with Crippen LogP contribution < -0.4 is 0 Å². The Balaban J connectivity index is 3.34. The molecule has 11 heavy (non-hydrogen) atoms. The van der Waals surface area contributed by atoms with E-state index in [9.17, 15) is 9.59 Å². The molecule has 0 aliphatic carbocycles. The molecule has 62 valence electrons. The van der Waals surface area contributed by atoms with Crippen molar-refractivity contribution >= 4 is 22.7 Å². The lowest BCUT2D eigenvalue weighted by Gasteiger charge is -1.94. The van der Waals surface area contributed by atoms with Gasteiger partial charge in [-0.25, -0.2) is 0 Å². The van der Waals surface area contributed by atoms with Crippen molar-refractivity contribution in [2.75, 3.05) is 5.75 Å². The summed E-state index contributed by atoms with van der Waals surface area (Å²) < 4.78 is 0. The molecule has 0 rings (SSSR count). The zero-order chi connectivity index (χ0) is 8.69. The topological polar surface area (TPSA) is 34.1 Å². The molecule has 0 radical (unpaired) electrons. The standard InChI is InChI=1S/C8H12O2S/c1-3-7(9)5-6-11-8(10)4-2/h3H,1,4-6H2,2H3. The number of ketones is 1. The molecular formula is C8H12O2S. The van der Waals surface area contributed by atoms with Crippen molar-refractivity contribution in [1.29, 1.82) is 0 Å². The summed E-state index contributed by atoms with van der Waals surface area (Å²) in [5.41, 5.74) is 0. The van der Waals surface area contributed by atoms with Gasteiger partial charge in [0.25, 0.3) is 0 Å². The van der Waals surface area contributed by atoms with Gasteiger partial charge in [-0.2, -0.15) is 0 Å². The molecule has 0 atom stereocenters. The van der Waals surface area contributed by atoms with Gasteiger partial charge < -0.3 is 0 Å². The lowest BCUT2D eigenvalue weighted by Crippen LogP contribution is -1.96. The molecule has 0 bridgehead atoms. The summed E-state index contributed by atoms with van der Waals surface area (Å²) in [6.07, 6.45) is 2.24. The maximum atomic E-state index is 10.7. The van der Waals surface area contributed by atoms with Crippen molar-refractivity contribution in [3.05, 3.63) is 12.7 Å². The molecule has 0 saturated carbocycles. The second-order valence-electron chi connectivity index (χ2n) is 1.99. The van der Waals surface area contributed by atoms with E-state index in [-0.39, 0.29) is 10.9 Å². The first kappa shape index (κ1) is 10.4. The highest BCUT2D eigenvalue weighted by molar-refractivity contribution is 8.13. The van der Waals surface area contributed by atoms with Crippen LogP contribution in [0.25, 0.3) is 0 Å². The molecule has 0 aromatic carbocycles. The molecule has 0 aromatic rings. The summed E-state index contributed by atoms with van der Waals surface area (Å²) in [6, 6.07) is 0. The van der Waals surface area contributed by atoms with E-state index in [1.54, 1.807) is 0 Å². The van der Waals surface area contributed by atoms with E-state index in [0.717, 1.165) is 0 Å². The van der Waals surface area contributed by atoms with Crippen LogP contribution in [-0.2, 0) is 9.59 Å². The van der Waals surface area contributed by atoms with Crippen molar-refractivity contribution < 1.29 is 9.59 Å². The van der Waals surface area contributed by atoms with Gasteiger partial charge in [0.05, 0.1) is 0 Å². The van der Waals surface area contributed by atoms with Crippen molar-refractivity contribution in [3.63, 3.8) is 0 Å². The van der Waals surface area contributed by atoms with Crippen LogP contribution in [0.2, 0.25) is 0 Å². The molecule has 0 fully saturated rings. The second kappa shape index (κ2) is 6.16. The first-order chi connectivity index (χ1) is 5.20. The fourth-order valence-corrected chi connectivity index (χ4v) is 1.20. The smallest absolute Gasteiger partial charge is 0.188 e. The Hall–Kier alpha value is -0.570. The van der Waals surface area contributed by atoms with Crippen LogP contribution in [0, 0.1) is 0 Å². The highest BCUT2D eigenvalue weighted by atomic mass is 32.2. The van der Waals surface area contributed by atoms with E-state index in [4.69, 9.17) is 0 Å². The fraction of sp³-hybridized carbons (Fsp3) is 0.500. The third-order valence-electron chi connectivity index (χ3n) is 1.13. The monoisotopic (exact) mass is 172 g/mol. The third-order valence-corrected chi connectivity index (χ3v) is 2.15. The van der Waals surface area contributed by atoms with Crippen LogP contribution in [0.15, 0.2) is 12.7 Å². The van der Waals surface area contributed by atoms with Crippen molar-refractivity contribution in [1.82, 2.24) is 0 Å². The summed E-state index contributed by atoms with van der Waals surface area (Å²) in [5, 5.41) is 0.141. The van der Waals surface area contributed by atoms with Gasteiger partial charge in [0, 0.05) is 18.6 Å². The molecule has 2 nitrogen and oxygen atoms in total. The fourth-order valence-electron chi connectivity index (χ4n) is 0.470. The highest BCUT2D eigenvalue weighted by Crippen LogP contribution is 2.06. The molecule has 0 spiro atoms. The van der Waals surface area contributed by atoms with Gasteiger partial charge in [0.1, 0.15) is 0 Å². The van der Waals surface area contributed by atoms with Gasteiger partial charge in [-0.05, 0) is 6.08 Å². The number of carbonyl (C=O) groups is 2.